The number of nitrogens with zero attached hydrogens (tertiary/aromatic N) is 1. The maximum Gasteiger partial charge on any atom is 0.0715 e. The Bertz CT molecular complexity index is 811. The first-order chi connectivity index (χ1) is 10.9. The zero-order valence-electron chi connectivity index (χ0n) is 11.8. The predicted molar refractivity (Wildman–Crippen MR) is 96.3 cm³/mol. The van der Waals surface area contributed by atoms with Crippen molar-refractivity contribution < 1.29 is 0 Å². The Hall–Kier alpha value is -2.23. The first-order valence-corrected chi connectivity index (χ1v) is 8.81. The number of rotatable bonds is 3. The highest BCUT2D eigenvalue weighted by atomic mass is 32.1. The zero-order valence-corrected chi connectivity index (χ0v) is 13.4. The lowest BCUT2D eigenvalue weighted by molar-refractivity contribution is 1.33. The Balaban J connectivity index is 2.03. The van der Waals surface area contributed by atoms with E-state index in [4.69, 9.17) is 0 Å². The first-order valence-electron chi connectivity index (χ1n) is 7.05. The summed E-state index contributed by atoms with van der Waals surface area (Å²) in [6.45, 7) is 0. The van der Waals surface area contributed by atoms with Gasteiger partial charge in [0.25, 0.3) is 0 Å². The minimum Gasteiger partial charge on any atom is -0.256 e. The molecule has 0 spiro atoms. The van der Waals surface area contributed by atoms with Crippen LogP contribution in [0, 0.1) is 0 Å². The van der Waals surface area contributed by atoms with Gasteiger partial charge in [-0.1, -0.05) is 36.4 Å². The molecule has 0 amide bonds. The summed E-state index contributed by atoms with van der Waals surface area (Å²) in [7, 11) is 0. The minimum atomic E-state index is 1.02. The molecule has 0 aliphatic heterocycles. The maximum atomic E-state index is 4.60. The van der Waals surface area contributed by atoms with Crippen LogP contribution in [0.5, 0.6) is 0 Å². The van der Waals surface area contributed by atoms with Gasteiger partial charge in [0.2, 0.25) is 0 Å². The Kier molecular flexibility index (Phi) is 3.59. The third-order valence-electron chi connectivity index (χ3n) is 3.56. The van der Waals surface area contributed by atoms with Crippen LogP contribution in [0.15, 0.2) is 77.6 Å². The molecule has 1 aromatic carbocycles. The van der Waals surface area contributed by atoms with Crippen molar-refractivity contribution in [3.8, 4) is 32.1 Å². The number of benzene rings is 1. The van der Waals surface area contributed by atoms with Gasteiger partial charge in [-0.2, -0.15) is 0 Å². The molecule has 3 heterocycles. The molecule has 0 N–H and O–H groups in total. The van der Waals surface area contributed by atoms with Gasteiger partial charge in [0, 0.05) is 32.6 Å². The molecule has 1 nitrogen and oxygen atoms in total. The van der Waals surface area contributed by atoms with E-state index < -0.39 is 0 Å². The van der Waals surface area contributed by atoms with Crippen LogP contribution in [0.2, 0.25) is 0 Å². The number of thiophene rings is 2. The Morgan fingerprint density at radius 3 is 1.82 bits per heavy atom. The summed E-state index contributed by atoms with van der Waals surface area (Å²) in [6.07, 6.45) is 1.86. The number of aromatic nitrogens is 1. The lowest BCUT2D eigenvalue weighted by Gasteiger charge is -2.13. The second kappa shape index (κ2) is 5.87. The van der Waals surface area contributed by atoms with E-state index in [0.29, 0.717) is 0 Å². The van der Waals surface area contributed by atoms with Crippen LogP contribution < -0.4 is 0 Å². The third kappa shape index (κ3) is 2.39. The average molecular weight is 319 g/mol. The molecule has 0 fully saturated rings. The van der Waals surface area contributed by atoms with E-state index >= 15 is 0 Å². The van der Waals surface area contributed by atoms with Crippen molar-refractivity contribution in [3.05, 3.63) is 77.6 Å². The third-order valence-corrected chi connectivity index (χ3v) is 5.37. The number of hydrogen-bond acceptors (Lipinski definition) is 3. The topological polar surface area (TPSA) is 12.9 Å². The molecule has 0 radical (unpaired) electrons. The van der Waals surface area contributed by atoms with Gasteiger partial charge in [0.1, 0.15) is 0 Å². The monoisotopic (exact) mass is 319 g/mol. The summed E-state index contributed by atoms with van der Waals surface area (Å²) in [4.78, 5) is 7.15. The van der Waals surface area contributed by atoms with Crippen LogP contribution in [-0.4, -0.2) is 4.98 Å². The van der Waals surface area contributed by atoms with Gasteiger partial charge in [0.05, 0.1) is 5.69 Å². The van der Waals surface area contributed by atoms with Gasteiger partial charge in [-0.3, -0.25) is 4.98 Å². The van der Waals surface area contributed by atoms with E-state index in [9.17, 15) is 0 Å². The fourth-order valence-corrected chi connectivity index (χ4v) is 4.13. The van der Waals surface area contributed by atoms with Crippen molar-refractivity contribution in [2.24, 2.45) is 0 Å². The maximum absolute atomic E-state index is 4.60. The summed E-state index contributed by atoms with van der Waals surface area (Å²) in [5.41, 5.74) is 4.74. The van der Waals surface area contributed by atoms with Crippen molar-refractivity contribution in [1.29, 1.82) is 0 Å². The first kappa shape index (κ1) is 13.4. The van der Waals surface area contributed by atoms with E-state index in [-0.39, 0.29) is 0 Å². The highest BCUT2D eigenvalue weighted by Crippen LogP contribution is 2.41. The van der Waals surface area contributed by atoms with Crippen LogP contribution in [0.4, 0.5) is 0 Å². The SMILES string of the molecule is c1ccc(-c2c(-c3cccs3)cccc2-c2cccs2)nc1. The minimum absolute atomic E-state index is 1.02. The smallest absolute Gasteiger partial charge is 0.0715 e. The molecule has 22 heavy (non-hydrogen) atoms. The quantitative estimate of drug-likeness (QED) is 0.438. The fourth-order valence-electron chi connectivity index (χ4n) is 2.61. The molecule has 106 valence electrons. The van der Waals surface area contributed by atoms with E-state index in [2.05, 4.69) is 64.3 Å². The molecule has 0 bridgehead atoms. The van der Waals surface area contributed by atoms with Gasteiger partial charge in [-0.25, -0.2) is 0 Å². The van der Waals surface area contributed by atoms with Gasteiger partial charge in [0.15, 0.2) is 0 Å². The van der Waals surface area contributed by atoms with E-state index in [1.54, 1.807) is 22.7 Å². The number of pyridine rings is 1. The van der Waals surface area contributed by atoms with Crippen LogP contribution in [0.3, 0.4) is 0 Å². The lowest BCUT2D eigenvalue weighted by Crippen LogP contribution is -1.90. The largest absolute Gasteiger partial charge is 0.256 e. The predicted octanol–water partition coefficient (Wildman–Crippen LogP) is 6.21. The molecule has 0 atom stereocenters. The van der Waals surface area contributed by atoms with Crippen molar-refractivity contribution in [3.63, 3.8) is 0 Å². The van der Waals surface area contributed by atoms with Gasteiger partial charge in [-0.15, -0.1) is 22.7 Å². The van der Waals surface area contributed by atoms with Crippen molar-refractivity contribution in [2.75, 3.05) is 0 Å². The summed E-state index contributed by atoms with van der Waals surface area (Å²) >= 11 is 3.53. The summed E-state index contributed by atoms with van der Waals surface area (Å²) in [5.74, 6) is 0. The highest BCUT2D eigenvalue weighted by Gasteiger charge is 2.15. The Morgan fingerprint density at radius 2 is 1.32 bits per heavy atom. The van der Waals surface area contributed by atoms with E-state index in [0.717, 1.165) is 5.69 Å². The van der Waals surface area contributed by atoms with Crippen LogP contribution in [0.25, 0.3) is 32.1 Å². The molecule has 3 aromatic heterocycles. The summed E-state index contributed by atoms with van der Waals surface area (Å²) < 4.78 is 0. The highest BCUT2D eigenvalue weighted by molar-refractivity contribution is 7.14. The Labute approximate surface area is 137 Å². The van der Waals surface area contributed by atoms with E-state index in [1.165, 1.54) is 26.4 Å². The molecular formula is C19H13NS2. The van der Waals surface area contributed by atoms with Gasteiger partial charge in [-0.05, 0) is 35.0 Å². The zero-order chi connectivity index (χ0) is 14.8. The van der Waals surface area contributed by atoms with Crippen molar-refractivity contribution in [2.45, 2.75) is 0 Å². The summed E-state index contributed by atoms with van der Waals surface area (Å²) in [6, 6.07) is 21.1. The second-order valence-electron chi connectivity index (χ2n) is 4.90. The van der Waals surface area contributed by atoms with Crippen molar-refractivity contribution in [1.82, 2.24) is 4.98 Å². The Morgan fingerprint density at radius 1 is 0.636 bits per heavy atom. The molecule has 0 saturated carbocycles. The standard InChI is InChI=1S/C19H13NS2/c1-2-11-20-16(8-1)19-14(17-9-4-12-21-17)6-3-7-15(19)18-10-5-13-22-18/h1-13H. The molecule has 3 heteroatoms. The van der Waals surface area contributed by atoms with Crippen LogP contribution in [-0.2, 0) is 0 Å². The van der Waals surface area contributed by atoms with Gasteiger partial charge >= 0.3 is 0 Å². The van der Waals surface area contributed by atoms with Crippen molar-refractivity contribution >= 4 is 22.7 Å². The normalized spacial score (nSPS) is 10.7. The van der Waals surface area contributed by atoms with Crippen LogP contribution in [0.1, 0.15) is 0 Å². The van der Waals surface area contributed by atoms with E-state index in [1.807, 2.05) is 18.3 Å². The fraction of sp³-hybridized carbons (Fsp3) is 0. The van der Waals surface area contributed by atoms with Crippen LogP contribution >= 0.6 is 22.7 Å². The molecule has 0 saturated heterocycles. The summed E-state index contributed by atoms with van der Waals surface area (Å²) in [5, 5.41) is 4.24. The molecular weight excluding hydrogens is 306 g/mol. The average Bonchev–Trinajstić information content (AvgIpc) is 3.28. The second-order valence-corrected chi connectivity index (χ2v) is 6.79. The molecule has 0 aliphatic rings. The molecule has 4 rings (SSSR count). The number of hydrogen-bond donors (Lipinski definition) is 0. The lowest BCUT2D eigenvalue weighted by atomic mass is 9.95. The molecule has 0 unspecified atom stereocenters. The molecule has 4 aromatic rings. The van der Waals surface area contributed by atoms with Gasteiger partial charge < -0.3 is 0 Å². The molecule has 0 aliphatic carbocycles.